The Balaban J connectivity index is 2.63. The lowest BCUT2D eigenvalue weighted by Crippen LogP contribution is -2.33. The molecule has 0 aliphatic heterocycles. The zero-order valence-corrected chi connectivity index (χ0v) is 10.7. The van der Waals surface area contributed by atoms with Gasteiger partial charge in [-0.3, -0.25) is 0 Å². The molecule has 0 aliphatic rings. The lowest BCUT2D eigenvalue weighted by atomic mass is 10.1. The van der Waals surface area contributed by atoms with Crippen LogP contribution in [0.2, 0.25) is 0 Å². The Morgan fingerprint density at radius 3 is 2.44 bits per heavy atom. The highest BCUT2D eigenvalue weighted by Crippen LogP contribution is 2.13. The first-order chi connectivity index (χ1) is 7.77. The van der Waals surface area contributed by atoms with Gasteiger partial charge in [0.1, 0.15) is 0 Å². The van der Waals surface area contributed by atoms with Gasteiger partial charge in [-0.1, -0.05) is 44.2 Å². The monoisotopic (exact) mass is 220 g/mol. The predicted molar refractivity (Wildman–Crippen MR) is 70.6 cm³/mol. The van der Waals surface area contributed by atoms with Gasteiger partial charge in [0.05, 0.1) is 0 Å². The fourth-order valence-electron chi connectivity index (χ4n) is 1.73. The Bertz CT molecular complexity index is 271. The highest BCUT2D eigenvalue weighted by atomic mass is 15.1. The summed E-state index contributed by atoms with van der Waals surface area (Å²) in [5.74, 6) is 0. The maximum absolute atomic E-state index is 3.61. The van der Waals surface area contributed by atoms with Gasteiger partial charge in [0, 0.05) is 12.6 Å². The molecule has 1 aromatic carbocycles. The lowest BCUT2D eigenvalue weighted by Gasteiger charge is -2.24. The first-order valence-electron chi connectivity index (χ1n) is 6.24. The van der Waals surface area contributed by atoms with E-state index in [2.05, 4.69) is 61.4 Å². The fourth-order valence-corrected chi connectivity index (χ4v) is 1.73. The van der Waals surface area contributed by atoms with Crippen LogP contribution in [0.5, 0.6) is 0 Å². The summed E-state index contributed by atoms with van der Waals surface area (Å²) in [6.45, 7) is 7.65. The minimum Gasteiger partial charge on any atom is -0.309 e. The van der Waals surface area contributed by atoms with Crippen LogP contribution in [0, 0.1) is 0 Å². The van der Waals surface area contributed by atoms with Crippen molar-refractivity contribution in [2.24, 2.45) is 0 Å². The standard InChI is InChI=1S/C14H24N2/c1-4-11-15-14(12-16(3)5-2)13-9-7-6-8-10-13/h6-10,14-15H,4-5,11-12H2,1-3H3. The van der Waals surface area contributed by atoms with E-state index in [1.54, 1.807) is 0 Å². The first-order valence-corrected chi connectivity index (χ1v) is 6.24. The summed E-state index contributed by atoms with van der Waals surface area (Å²) >= 11 is 0. The molecule has 0 saturated carbocycles. The highest BCUT2D eigenvalue weighted by molar-refractivity contribution is 5.19. The van der Waals surface area contributed by atoms with E-state index < -0.39 is 0 Å². The van der Waals surface area contributed by atoms with Gasteiger partial charge in [-0.2, -0.15) is 0 Å². The van der Waals surface area contributed by atoms with Gasteiger partial charge in [-0.25, -0.2) is 0 Å². The molecule has 2 heteroatoms. The quantitative estimate of drug-likeness (QED) is 0.760. The van der Waals surface area contributed by atoms with Crippen LogP contribution < -0.4 is 5.32 Å². The van der Waals surface area contributed by atoms with Crippen molar-refractivity contribution in [2.45, 2.75) is 26.3 Å². The molecule has 0 aromatic heterocycles. The predicted octanol–water partition coefficient (Wildman–Crippen LogP) is 2.68. The number of likely N-dealkylation sites (N-methyl/N-ethyl adjacent to an activating group) is 1. The van der Waals surface area contributed by atoms with Crippen LogP contribution in [0.15, 0.2) is 30.3 Å². The molecular weight excluding hydrogens is 196 g/mol. The zero-order chi connectivity index (χ0) is 11.8. The van der Waals surface area contributed by atoms with Crippen molar-refractivity contribution in [3.05, 3.63) is 35.9 Å². The smallest absolute Gasteiger partial charge is 0.0449 e. The Hall–Kier alpha value is -0.860. The van der Waals surface area contributed by atoms with E-state index in [1.165, 1.54) is 12.0 Å². The second kappa shape index (κ2) is 7.42. The fraction of sp³-hybridized carbons (Fsp3) is 0.571. The van der Waals surface area contributed by atoms with Crippen molar-refractivity contribution < 1.29 is 0 Å². The SMILES string of the molecule is CCCNC(CN(C)CC)c1ccccc1. The van der Waals surface area contributed by atoms with Gasteiger partial charge in [-0.15, -0.1) is 0 Å². The van der Waals surface area contributed by atoms with E-state index in [1.807, 2.05) is 0 Å². The number of hydrogen-bond acceptors (Lipinski definition) is 2. The molecule has 0 saturated heterocycles. The molecule has 16 heavy (non-hydrogen) atoms. The molecule has 0 bridgehead atoms. The Morgan fingerprint density at radius 1 is 1.19 bits per heavy atom. The molecule has 2 nitrogen and oxygen atoms in total. The maximum Gasteiger partial charge on any atom is 0.0449 e. The van der Waals surface area contributed by atoms with Crippen LogP contribution >= 0.6 is 0 Å². The van der Waals surface area contributed by atoms with Crippen LogP contribution in [-0.4, -0.2) is 31.6 Å². The number of rotatable bonds is 7. The summed E-state index contributed by atoms with van der Waals surface area (Å²) in [6.07, 6.45) is 1.18. The van der Waals surface area contributed by atoms with E-state index in [9.17, 15) is 0 Å². The lowest BCUT2D eigenvalue weighted by molar-refractivity contribution is 0.303. The average molecular weight is 220 g/mol. The van der Waals surface area contributed by atoms with Gasteiger partial charge in [0.25, 0.3) is 0 Å². The van der Waals surface area contributed by atoms with Crippen molar-refractivity contribution in [2.75, 3.05) is 26.7 Å². The summed E-state index contributed by atoms with van der Waals surface area (Å²) < 4.78 is 0. The summed E-state index contributed by atoms with van der Waals surface area (Å²) in [4.78, 5) is 2.35. The third kappa shape index (κ3) is 4.33. The molecule has 0 radical (unpaired) electrons. The molecule has 90 valence electrons. The third-order valence-electron chi connectivity index (χ3n) is 2.88. The van der Waals surface area contributed by atoms with Crippen molar-refractivity contribution in [3.8, 4) is 0 Å². The van der Waals surface area contributed by atoms with E-state index in [4.69, 9.17) is 0 Å². The van der Waals surface area contributed by atoms with Crippen LogP contribution in [0.3, 0.4) is 0 Å². The molecule has 0 heterocycles. The van der Waals surface area contributed by atoms with E-state index >= 15 is 0 Å². The topological polar surface area (TPSA) is 15.3 Å². The first kappa shape index (κ1) is 13.2. The van der Waals surface area contributed by atoms with Crippen molar-refractivity contribution in [3.63, 3.8) is 0 Å². The Kier molecular flexibility index (Phi) is 6.12. The molecule has 1 rings (SSSR count). The largest absolute Gasteiger partial charge is 0.309 e. The summed E-state index contributed by atoms with van der Waals surface area (Å²) in [5.41, 5.74) is 1.39. The zero-order valence-electron chi connectivity index (χ0n) is 10.7. The maximum atomic E-state index is 3.61. The minimum absolute atomic E-state index is 0.450. The molecule has 1 N–H and O–H groups in total. The highest BCUT2D eigenvalue weighted by Gasteiger charge is 2.11. The summed E-state index contributed by atoms with van der Waals surface area (Å²) in [7, 11) is 2.17. The van der Waals surface area contributed by atoms with E-state index in [0.717, 1.165) is 19.6 Å². The molecule has 0 aliphatic carbocycles. The minimum atomic E-state index is 0.450. The van der Waals surface area contributed by atoms with Crippen LogP contribution in [0.25, 0.3) is 0 Å². The molecule has 0 amide bonds. The second-order valence-electron chi connectivity index (χ2n) is 4.27. The normalized spacial score (nSPS) is 13.0. The van der Waals surface area contributed by atoms with E-state index in [0.29, 0.717) is 6.04 Å². The molecule has 0 fully saturated rings. The summed E-state index contributed by atoms with van der Waals surface area (Å²) in [6, 6.07) is 11.2. The van der Waals surface area contributed by atoms with Gasteiger partial charge in [0.2, 0.25) is 0 Å². The molecule has 1 atom stereocenters. The van der Waals surface area contributed by atoms with Crippen LogP contribution in [-0.2, 0) is 0 Å². The van der Waals surface area contributed by atoms with Crippen molar-refractivity contribution in [1.29, 1.82) is 0 Å². The molecular formula is C14H24N2. The van der Waals surface area contributed by atoms with Gasteiger partial charge < -0.3 is 10.2 Å². The number of hydrogen-bond donors (Lipinski definition) is 1. The summed E-state index contributed by atoms with van der Waals surface area (Å²) in [5, 5.41) is 3.61. The second-order valence-corrected chi connectivity index (χ2v) is 4.27. The van der Waals surface area contributed by atoms with Gasteiger partial charge in [0.15, 0.2) is 0 Å². The van der Waals surface area contributed by atoms with Crippen molar-refractivity contribution in [1.82, 2.24) is 10.2 Å². The number of nitrogens with one attached hydrogen (secondary N) is 1. The Morgan fingerprint density at radius 2 is 1.88 bits per heavy atom. The number of benzene rings is 1. The molecule has 1 unspecified atom stereocenters. The third-order valence-corrected chi connectivity index (χ3v) is 2.88. The van der Waals surface area contributed by atoms with Gasteiger partial charge >= 0.3 is 0 Å². The molecule has 0 spiro atoms. The van der Waals surface area contributed by atoms with Crippen LogP contribution in [0.1, 0.15) is 31.9 Å². The van der Waals surface area contributed by atoms with Crippen molar-refractivity contribution >= 4 is 0 Å². The van der Waals surface area contributed by atoms with E-state index in [-0.39, 0.29) is 0 Å². The number of nitrogens with zero attached hydrogens (tertiary/aromatic N) is 1. The van der Waals surface area contributed by atoms with Crippen LogP contribution in [0.4, 0.5) is 0 Å². The van der Waals surface area contributed by atoms with Gasteiger partial charge in [-0.05, 0) is 32.1 Å². The Labute approximate surface area is 99.7 Å². The molecule has 1 aromatic rings. The average Bonchev–Trinajstić information content (AvgIpc) is 2.35.